The minimum atomic E-state index is -0.129. The van der Waals surface area contributed by atoms with Gasteiger partial charge in [-0.05, 0) is 43.0 Å². The van der Waals surface area contributed by atoms with Gasteiger partial charge in [0.2, 0.25) is 11.8 Å². The molecule has 0 N–H and O–H groups in total. The number of carbonyl (C=O) groups is 2. The normalized spacial score (nSPS) is 15.6. The number of amides is 2. The Hall–Kier alpha value is -3.40. The van der Waals surface area contributed by atoms with Crippen molar-refractivity contribution >= 4 is 17.6 Å². The molecule has 1 aliphatic carbocycles. The molecule has 2 aromatic rings. The highest BCUT2D eigenvalue weighted by molar-refractivity contribution is 5.85. The number of aromatic nitrogens is 2. The molecule has 0 atom stereocenters. The predicted molar refractivity (Wildman–Crippen MR) is 131 cm³/mol. The third-order valence-electron chi connectivity index (χ3n) is 6.41. The number of rotatable bonds is 10. The van der Waals surface area contributed by atoms with Crippen LogP contribution in [0.2, 0.25) is 0 Å². The summed E-state index contributed by atoms with van der Waals surface area (Å²) in [6.07, 6.45) is 2.24. The Kier molecular flexibility index (Phi) is 8.02. The van der Waals surface area contributed by atoms with Crippen LogP contribution in [0.5, 0.6) is 11.5 Å². The van der Waals surface area contributed by atoms with Crippen molar-refractivity contribution in [1.29, 1.82) is 0 Å². The highest BCUT2D eigenvalue weighted by Crippen LogP contribution is 2.32. The van der Waals surface area contributed by atoms with Gasteiger partial charge in [-0.1, -0.05) is 0 Å². The lowest BCUT2D eigenvalue weighted by Gasteiger charge is -2.36. The largest absolute Gasteiger partial charge is 0.497 e. The zero-order valence-corrected chi connectivity index (χ0v) is 20.6. The Labute approximate surface area is 205 Å². The van der Waals surface area contributed by atoms with Crippen molar-refractivity contribution in [2.75, 3.05) is 72.1 Å². The molecule has 10 heteroatoms. The van der Waals surface area contributed by atoms with Gasteiger partial charge in [-0.3, -0.25) is 9.59 Å². The van der Waals surface area contributed by atoms with Gasteiger partial charge in [-0.15, -0.1) is 10.2 Å². The first-order valence-electron chi connectivity index (χ1n) is 11.9. The van der Waals surface area contributed by atoms with Crippen molar-refractivity contribution in [2.24, 2.45) is 5.92 Å². The summed E-state index contributed by atoms with van der Waals surface area (Å²) in [6, 6.07) is 9.43. The number of carbonyl (C=O) groups excluding carboxylic acids is 2. The number of ether oxygens (including phenoxy) is 3. The van der Waals surface area contributed by atoms with Gasteiger partial charge in [0.25, 0.3) is 0 Å². The fourth-order valence-electron chi connectivity index (χ4n) is 4.18. The molecule has 0 spiro atoms. The molecule has 1 aromatic heterocycles. The standard InChI is InChI=1S/C25H33N5O5/c1-33-17-25(32)30(15-18-4-5-18)16-24(31)29-12-10-28(11-13-29)23-9-8-21(26-27-23)20-7-6-19(34-2)14-22(20)35-3/h6-9,14,18H,4-5,10-13,15-17H2,1-3H3. The van der Waals surface area contributed by atoms with Gasteiger partial charge >= 0.3 is 0 Å². The van der Waals surface area contributed by atoms with E-state index in [0.717, 1.165) is 24.2 Å². The van der Waals surface area contributed by atoms with E-state index < -0.39 is 0 Å². The van der Waals surface area contributed by atoms with Crippen LogP contribution in [0.3, 0.4) is 0 Å². The fourth-order valence-corrected chi connectivity index (χ4v) is 4.18. The zero-order chi connectivity index (χ0) is 24.8. The van der Waals surface area contributed by atoms with Crippen molar-refractivity contribution in [2.45, 2.75) is 12.8 Å². The molecule has 1 aliphatic heterocycles. The topological polar surface area (TPSA) is 97.3 Å². The lowest BCUT2D eigenvalue weighted by Crippen LogP contribution is -2.52. The highest BCUT2D eigenvalue weighted by Gasteiger charge is 2.30. The molecule has 2 heterocycles. The van der Waals surface area contributed by atoms with Gasteiger partial charge in [-0.25, -0.2) is 0 Å². The molecule has 1 saturated carbocycles. The Morgan fingerprint density at radius 1 is 1.00 bits per heavy atom. The second-order valence-corrected chi connectivity index (χ2v) is 8.86. The van der Waals surface area contributed by atoms with Crippen LogP contribution < -0.4 is 14.4 Å². The molecule has 1 saturated heterocycles. The predicted octanol–water partition coefficient (Wildman–Crippen LogP) is 1.69. The van der Waals surface area contributed by atoms with Crippen LogP contribution in [0.15, 0.2) is 30.3 Å². The van der Waals surface area contributed by atoms with E-state index >= 15 is 0 Å². The van der Waals surface area contributed by atoms with E-state index in [4.69, 9.17) is 14.2 Å². The maximum absolute atomic E-state index is 12.9. The number of nitrogens with zero attached hydrogens (tertiary/aromatic N) is 5. The Morgan fingerprint density at radius 2 is 1.77 bits per heavy atom. The van der Waals surface area contributed by atoms with Gasteiger partial charge in [0.15, 0.2) is 5.82 Å². The summed E-state index contributed by atoms with van der Waals surface area (Å²) in [5, 5.41) is 8.82. The van der Waals surface area contributed by atoms with E-state index in [9.17, 15) is 9.59 Å². The van der Waals surface area contributed by atoms with Crippen LogP contribution in [0.1, 0.15) is 12.8 Å². The second kappa shape index (κ2) is 11.4. The first kappa shape index (κ1) is 24.7. The highest BCUT2D eigenvalue weighted by atomic mass is 16.5. The van der Waals surface area contributed by atoms with Crippen molar-refractivity contribution in [3.05, 3.63) is 30.3 Å². The quantitative estimate of drug-likeness (QED) is 0.504. The van der Waals surface area contributed by atoms with E-state index in [-0.39, 0.29) is 25.0 Å². The summed E-state index contributed by atoms with van der Waals surface area (Å²) in [5.41, 5.74) is 1.54. The summed E-state index contributed by atoms with van der Waals surface area (Å²) >= 11 is 0. The zero-order valence-electron chi connectivity index (χ0n) is 20.6. The Morgan fingerprint density at radius 3 is 2.37 bits per heavy atom. The molecule has 188 valence electrons. The summed E-state index contributed by atoms with van der Waals surface area (Å²) < 4.78 is 15.7. The lowest BCUT2D eigenvalue weighted by atomic mass is 10.1. The smallest absolute Gasteiger partial charge is 0.249 e. The minimum absolute atomic E-state index is 0.00480. The molecule has 10 nitrogen and oxygen atoms in total. The monoisotopic (exact) mass is 483 g/mol. The molecular weight excluding hydrogens is 450 g/mol. The maximum atomic E-state index is 12.9. The first-order chi connectivity index (χ1) is 17.0. The average Bonchev–Trinajstić information content (AvgIpc) is 3.72. The van der Waals surface area contributed by atoms with Crippen LogP contribution in [0.25, 0.3) is 11.3 Å². The van der Waals surface area contributed by atoms with Crippen LogP contribution in [-0.4, -0.2) is 99.0 Å². The third kappa shape index (κ3) is 6.19. The summed E-state index contributed by atoms with van der Waals surface area (Å²) in [5.74, 6) is 2.50. The Bertz CT molecular complexity index is 1020. The van der Waals surface area contributed by atoms with Crippen LogP contribution in [0.4, 0.5) is 5.82 Å². The van der Waals surface area contributed by atoms with E-state index in [1.165, 1.54) is 7.11 Å². The fraction of sp³-hybridized carbons (Fsp3) is 0.520. The summed E-state index contributed by atoms with van der Waals surface area (Å²) in [4.78, 5) is 30.8. The van der Waals surface area contributed by atoms with Crippen LogP contribution in [0, 0.1) is 5.92 Å². The number of anilines is 1. The second-order valence-electron chi connectivity index (χ2n) is 8.86. The van der Waals surface area contributed by atoms with Gasteiger partial charge in [0.1, 0.15) is 18.1 Å². The Balaban J connectivity index is 1.33. The first-order valence-corrected chi connectivity index (χ1v) is 11.9. The van der Waals surface area contributed by atoms with E-state index in [1.54, 1.807) is 19.1 Å². The van der Waals surface area contributed by atoms with Gasteiger partial charge in [-0.2, -0.15) is 0 Å². The number of hydrogen-bond donors (Lipinski definition) is 0. The molecule has 0 bridgehead atoms. The number of piperazine rings is 1. The minimum Gasteiger partial charge on any atom is -0.497 e. The van der Waals surface area contributed by atoms with E-state index in [0.29, 0.717) is 55.8 Å². The molecule has 4 rings (SSSR count). The summed E-state index contributed by atoms with van der Waals surface area (Å²) in [7, 11) is 4.72. The molecular formula is C25H33N5O5. The van der Waals surface area contributed by atoms with Crippen molar-refractivity contribution in [3.63, 3.8) is 0 Å². The summed E-state index contributed by atoms with van der Waals surface area (Å²) in [6.45, 7) is 3.20. The molecule has 1 aromatic carbocycles. The van der Waals surface area contributed by atoms with Crippen molar-refractivity contribution in [1.82, 2.24) is 20.0 Å². The third-order valence-corrected chi connectivity index (χ3v) is 6.41. The van der Waals surface area contributed by atoms with Crippen molar-refractivity contribution < 1.29 is 23.8 Å². The molecule has 2 amide bonds. The molecule has 2 fully saturated rings. The van der Waals surface area contributed by atoms with E-state index in [1.807, 2.05) is 35.2 Å². The molecule has 35 heavy (non-hydrogen) atoms. The molecule has 0 radical (unpaired) electrons. The number of methoxy groups -OCH3 is 3. The van der Waals surface area contributed by atoms with Gasteiger partial charge in [0.05, 0.1) is 26.5 Å². The van der Waals surface area contributed by atoms with Gasteiger partial charge in [0, 0.05) is 51.5 Å². The number of benzene rings is 1. The maximum Gasteiger partial charge on any atom is 0.249 e. The molecule has 0 unspecified atom stereocenters. The SMILES string of the molecule is COCC(=O)N(CC(=O)N1CCN(c2ccc(-c3ccc(OC)cc3OC)nn2)CC1)CC1CC1. The van der Waals surface area contributed by atoms with Gasteiger partial charge < -0.3 is 28.9 Å². The van der Waals surface area contributed by atoms with E-state index in [2.05, 4.69) is 15.1 Å². The average molecular weight is 484 g/mol. The van der Waals surface area contributed by atoms with Crippen LogP contribution >= 0.6 is 0 Å². The number of hydrogen-bond acceptors (Lipinski definition) is 8. The van der Waals surface area contributed by atoms with Crippen LogP contribution in [-0.2, 0) is 14.3 Å². The lowest BCUT2D eigenvalue weighted by molar-refractivity contribution is -0.143. The molecule has 2 aliphatic rings. The van der Waals surface area contributed by atoms with Crippen molar-refractivity contribution in [3.8, 4) is 22.8 Å².